The Morgan fingerprint density at radius 2 is 1.97 bits per heavy atom. The number of carbonyl (C=O) groups is 1. The maximum Gasteiger partial charge on any atom is 0.485 e. The first-order valence-corrected chi connectivity index (χ1v) is 10.0. The predicted molar refractivity (Wildman–Crippen MR) is 102 cm³/mol. The number of anilines is 1. The number of alkyl halides is 3. The summed E-state index contributed by atoms with van der Waals surface area (Å²) in [5.74, 6) is 2.66. The number of aromatic nitrogens is 1. The van der Waals surface area contributed by atoms with Crippen LogP contribution in [0.1, 0.15) is 12.6 Å². The van der Waals surface area contributed by atoms with Crippen molar-refractivity contribution >= 4 is 44.0 Å². The van der Waals surface area contributed by atoms with Crippen LogP contribution in [0.3, 0.4) is 0 Å². The second-order valence-electron chi connectivity index (χ2n) is 5.34. The van der Waals surface area contributed by atoms with Crippen molar-refractivity contribution in [1.82, 2.24) is 0 Å². The highest BCUT2D eigenvalue weighted by Crippen LogP contribution is 2.20. The Morgan fingerprint density at radius 1 is 1.34 bits per heavy atom. The van der Waals surface area contributed by atoms with E-state index >= 15 is 0 Å². The highest BCUT2D eigenvalue weighted by Gasteiger charge is 2.36. The van der Waals surface area contributed by atoms with Crippen molar-refractivity contribution in [2.24, 2.45) is 0 Å². The normalized spacial score (nSPS) is 11.3. The number of pyridine rings is 1. The van der Waals surface area contributed by atoms with Crippen LogP contribution in [-0.2, 0) is 20.8 Å². The minimum Gasteiger partial charge on any atom is -0.741 e. The Morgan fingerprint density at radius 3 is 2.48 bits per heavy atom. The number of benzene rings is 1. The molecule has 1 aromatic heterocycles. The van der Waals surface area contributed by atoms with E-state index in [2.05, 4.69) is 15.8 Å². The van der Waals surface area contributed by atoms with Crippen LogP contribution in [0.4, 0.5) is 23.7 Å². The van der Waals surface area contributed by atoms with Gasteiger partial charge in [-0.15, -0.1) is 6.42 Å². The van der Waals surface area contributed by atoms with Gasteiger partial charge in [-0.3, -0.25) is 4.79 Å². The number of nitrogens with one attached hydrogen (secondary N) is 1. The molecule has 0 saturated carbocycles. The lowest BCUT2D eigenvalue weighted by Crippen LogP contribution is -2.37. The average molecular weight is 450 g/mol. The maximum absolute atomic E-state index is 11.6. The van der Waals surface area contributed by atoms with Crippen LogP contribution in [-0.4, -0.2) is 30.3 Å². The minimum atomic E-state index is -6.09. The van der Waals surface area contributed by atoms with Gasteiger partial charge in [-0.2, -0.15) is 17.7 Å². The van der Waals surface area contributed by atoms with Gasteiger partial charge in [-0.05, 0) is 31.0 Å². The predicted octanol–water partition coefficient (Wildman–Crippen LogP) is 3.34. The number of terminal acetylenes is 1. The number of carbonyl (C=O) groups excluding carboxylic acids is 1. The number of halogens is 3. The number of hydrogen-bond donors (Lipinski definition) is 1. The third-order valence-electron chi connectivity index (χ3n) is 3.28. The minimum absolute atomic E-state index is 0.236. The zero-order valence-electron chi connectivity index (χ0n) is 15.3. The molecule has 0 atom stereocenters. The molecule has 0 spiro atoms. The summed E-state index contributed by atoms with van der Waals surface area (Å²) in [6.45, 7) is 4.87. The fourth-order valence-corrected chi connectivity index (χ4v) is 2.44. The Labute approximate surface area is 170 Å². The van der Waals surface area contributed by atoms with Crippen molar-refractivity contribution < 1.29 is 39.7 Å². The van der Waals surface area contributed by atoms with Gasteiger partial charge in [-0.25, -0.2) is 8.42 Å². The monoisotopic (exact) mass is 450 g/mol. The van der Waals surface area contributed by atoms with E-state index in [1.165, 1.54) is 0 Å². The molecule has 12 heteroatoms. The van der Waals surface area contributed by atoms with Crippen molar-refractivity contribution in [1.29, 1.82) is 0 Å². The number of fused-ring (bicyclic) bond motifs is 1. The summed E-state index contributed by atoms with van der Waals surface area (Å²) in [4.78, 5) is 11.6. The number of hydrogen-bond acceptors (Lipinski definition) is 6. The van der Waals surface area contributed by atoms with Gasteiger partial charge in [0.2, 0.25) is 12.1 Å². The Kier molecular flexibility index (Phi) is 8.90. The van der Waals surface area contributed by atoms with E-state index < -0.39 is 15.6 Å². The first-order chi connectivity index (χ1) is 13.4. The van der Waals surface area contributed by atoms with Gasteiger partial charge in [0.15, 0.2) is 15.8 Å². The van der Waals surface area contributed by atoms with Crippen LogP contribution in [0.5, 0.6) is 0 Å². The van der Waals surface area contributed by atoms with Crippen molar-refractivity contribution in [2.75, 3.05) is 11.9 Å². The summed E-state index contributed by atoms with van der Waals surface area (Å²) < 4.78 is 66.0. The topological polar surface area (TPSA) is 99.4 Å². The molecule has 0 aliphatic heterocycles. The molecule has 1 amide bonds. The van der Waals surface area contributed by atoms with Crippen LogP contribution >= 0.6 is 12.0 Å². The molecule has 1 N–H and O–H groups in total. The van der Waals surface area contributed by atoms with Gasteiger partial charge in [0.25, 0.3) is 0 Å². The lowest BCUT2D eigenvalue weighted by Gasteiger charge is -2.08. The third-order valence-corrected chi connectivity index (χ3v) is 4.45. The van der Waals surface area contributed by atoms with Crippen LogP contribution in [0.2, 0.25) is 0 Å². The molecule has 0 fully saturated rings. The van der Waals surface area contributed by atoms with E-state index in [-0.39, 0.29) is 5.24 Å². The number of rotatable bonds is 4. The Balaban J connectivity index is 0.000000447. The molecule has 0 aliphatic rings. The van der Waals surface area contributed by atoms with Crippen molar-refractivity contribution in [2.45, 2.75) is 25.9 Å². The van der Waals surface area contributed by atoms with Gasteiger partial charge in [0.05, 0.1) is 18.6 Å². The zero-order chi connectivity index (χ0) is 22.2. The maximum atomic E-state index is 11.6. The molecule has 0 unspecified atom stereocenters. The average Bonchev–Trinajstić information content (AvgIpc) is 2.61. The highest BCUT2D eigenvalue weighted by molar-refractivity contribution is 8.09. The second kappa shape index (κ2) is 10.4. The second-order valence-corrected chi connectivity index (χ2v) is 7.49. The summed E-state index contributed by atoms with van der Waals surface area (Å²) in [5, 5.41) is 3.57. The standard InChI is InChI=1S/C16H16N2O2S.CHF3O3S/c1-4-10-18-12(3)6-7-13-11-14(8-9-15(13)18)17-16(19)21-20-5-2;2-1(3,4)8(5,6)7/h1,6-9,11H,5,10H2,2-3H3;(H,5,6,7). The van der Waals surface area contributed by atoms with Gasteiger partial charge >= 0.3 is 10.7 Å². The van der Waals surface area contributed by atoms with Crippen molar-refractivity contribution in [3.05, 3.63) is 36.0 Å². The molecule has 0 radical (unpaired) electrons. The largest absolute Gasteiger partial charge is 0.741 e. The van der Waals surface area contributed by atoms with E-state index in [0.29, 0.717) is 13.2 Å². The number of aryl methyl sites for hydroxylation is 1. The van der Waals surface area contributed by atoms with Crippen molar-refractivity contribution in [3.8, 4) is 12.3 Å². The molecule has 158 valence electrons. The van der Waals surface area contributed by atoms with Crippen LogP contribution < -0.4 is 9.88 Å². The molecule has 0 saturated heterocycles. The van der Waals surface area contributed by atoms with E-state index in [1.54, 1.807) is 0 Å². The summed E-state index contributed by atoms with van der Waals surface area (Å²) in [5.41, 5.74) is -2.77. The van der Waals surface area contributed by atoms with E-state index in [4.69, 9.17) is 23.6 Å². The molecular formula is C17H17F3N2O5S2. The van der Waals surface area contributed by atoms with E-state index in [1.807, 2.05) is 44.2 Å². The van der Waals surface area contributed by atoms with Gasteiger partial charge in [0.1, 0.15) is 0 Å². The smallest absolute Gasteiger partial charge is 0.485 e. The number of amides is 1. The quantitative estimate of drug-likeness (QED) is 0.252. The first kappa shape index (κ1) is 24.7. The Bertz CT molecular complexity index is 1020. The molecule has 2 rings (SSSR count). The first-order valence-electron chi connectivity index (χ1n) is 7.90. The zero-order valence-corrected chi connectivity index (χ0v) is 17.0. The summed E-state index contributed by atoms with van der Waals surface area (Å²) in [6, 6.07) is 9.77. The molecule has 1 heterocycles. The SMILES string of the molecule is C#CC[n+]1c(C)ccc2cc(NC(=O)SOCC)ccc21.O=S(=O)([O-])C(F)(F)F. The summed E-state index contributed by atoms with van der Waals surface area (Å²) in [6.07, 6.45) is 5.42. The highest BCUT2D eigenvalue weighted by atomic mass is 32.2. The fourth-order valence-electron chi connectivity index (χ4n) is 2.05. The summed E-state index contributed by atoms with van der Waals surface area (Å²) >= 11 is 0.809. The molecule has 0 aliphatic carbocycles. The molecule has 7 nitrogen and oxygen atoms in total. The Hall–Kier alpha value is -2.33. The van der Waals surface area contributed by atoms with Crippen LogP contribution in [0.15, 0.2) is 30.3 Å². The fraction of sp³-hybridized carbons (Fsp3) is 0.294. The molecule has 0 bridgehead atoms. The van der Waals surface area contributed by atoms with Gasteiger partial charge in [0, 0.05) is 30.1 Å². The molecular weight excluding hydrogens is 433 g/mol. The summed E-state index contributed by atoms with van der Waals surface area (Å²) in [7, 11) is -6.09. The lowest BCUT2D eigenvalue weighted by atomic mass is 10.1. The van der Waals surface area contributed by atoms with Crippen LogP contribution in [0, 0.1) is 19.3 Å². The van der Waals surface area contributed by atoms with Gasteiger partial charge < -0.3 is 14.1 Å². The third kappa shape index (κ3) is 7.54. The van der Waals surface area contributed by atoms with Gasteiger partial charge in [-0.1, -0.05) is 0 Å². The van der Waals surface area contributed by atoms with E-state index in [0.717, 1.165) is 34.3 Å². The van der Waals surface area contributed by atoms with E-state index in [9.17, 15) is 18.0 Å². The van der Waals surface area contributed by atoms with Crippen molar-refractivity contribution in [3.63, 3.8) is 0 Å². The van der Waals surface area contributed by atoms with Crippen LogP contribution in [0.25, 0.3) is 10.9 Å². The molecule has 29 heavy (non-hydrogen) atoms. The number of nitrogens with zero attached hydrogens (tertiary/aromatic N) is 1. The lowest BCUT2D eigenvalue weighted by molar-refractivity contribution is -0.664. The molecule has 2 aromatic rings. The molecule has 1 aromatic carbocycles.